The summed E-state index contributed by atoms with van der Waals surface area (Å²) in [5.74, 6) is -0.00873. The summed E-state index contributed by atoms with van der Waals surface area (Å²) in [5.41, 5.74) is 8.35. The van der Waals surface area contributed by atoms with Crippen LogP contribution in [-0.4, -0.2) is 5.91 Å². The maximum atomic E-state index is 11.8. The third-order valence-electron chi connectivity index (χ3n) is 2.69. The number of carbonyl (C=O) groups excluding carboxylic acids is 1. The smallest absolute Gasteiger partial charge is 0.224 e. The van der Waals surface area contributed by atoms with Crippen LogP contribution in [0, 0.1) is 0 Å². The molecule has 0 saturated heterocycles. The molecule has 0 aliphatic heterocycles. The Labute approximate surface area is 121 Å². The van der Waals surface area contributed by atoms with Crippen molar-refractivity contribution in [3.63, 3.8) is 0 Å². The molecule has 3 N–H and O–H groups in total. The van der Waals surface area contributed by atoms with Crippen molar-refractivity contribution in [3.8, 4) is 0 Å². The Kier molecular flexibility index (Phi) is 4.58. The second-order valence-corrected chi connectivity index (χ2v) is 5.24. The minimum atomic E-state index is -0.00873. The van der Waals surface area contributed by atoms with E-state index in [9.17, 15) is 4.79 Å². The molecule has 2 aromatic rings. The first-order valence-electron chi connectivity index (χ1n) is 5.99. The lowest BCUT2D eigenvalue weighted by Gasteiger charge is -2.06. The SMILES string of the molecule is Nc1cccc(CC(=O)NCc2cccc(Br)c2)c1. The molecule has 0 aromatic heterocycles. The molecule has 2 rings (SSSR count). The molecular weight excluding hydrogens is 304 g/mol. The highest BCUT2D eigenvalue weighted by Gasteiger charge is 2.03. The monoisotopic (exact) mass is 318 g/mol. The Balaban J connectivity index is 1.88. The molecule has 0 atom stereocenters. The van der Waals surface area contributed by atoms with Gasteiger partial charge in [0.05, 0.1) is 6.42 Å². The molecule has 0 fully saturated rings. The van der Waals surface area contributed by atoms with Gasteiger partial charge in [-0.25, -0.2) is 0 Å². The number of amides is 1. The van der Waals surface area contributed by atoms with Crippen LogP contribution in [0.15, 0.2) is 53.0 Å². The third-order valence-corrected chi connectivity index (χ3v) is 3.19. The summed E-state index contributed by atoms with van der Waals surface area (Å²) in [4.78, 5) is 11.8. The first-order chi connectivity index (χ1) is 9.13. The lowest BCUT2D eigenvalue weighted by atomic mass is 10.1. The van der Waals surface area contributed by atoms with Gasteiger partial charge in [-0.2, -0.15) is 0 Å². The Morgan fingerprint density at radius 3 is 2.58 bits per heavy atom. The average molecular weight is 319 g/mol. The van der Waals surface area contributed by atoms with Gasteiger partial charge in [0.25, 0.3) is 0 Å². The van der Waals surface area contributed by atoms with Crippen LogP contribution < -0.4 is 11.1 Å². The fraction of sp³-hybridized carbons (Fsp3) is 0.133. The number of benzene rings is 2. The average Bonchev–Trinajstić information content (AvgIpc) is 2.36. The Morgan fingerprint density at radius 2 is 1.84 bits per heavy atom. The Bertz CT molecular complexity index is 584. The number of nitrogen functional groups attached to an aromatic ring is 1. The van der Waals surface area contributed by atoms with Gasteiger partial charge in [-0.05, 0) is 35.4 Å². The van der Waals surface area contributed by atoms with Crippen LogP contribution >= 0.6 is 15.9 Å². The summed E-state index contributed by atoms with van der Waals surface area (Å²) >= 11 is 3.40. The van der Waals surface area contributed by atoms with Crippen LogP contribution in [-0.2, 0) is 17.8 Å². The molecule has 0 unspecified atom stereocenters. The van der Waals surface area contributed by atoms with Crippen molar-refractivity contribution in [2.75, 3.05) is 5.73 Å². The number of halogens is 1. The molecule has 2 aromatic carbocycles. The largest absolute Gasteiger partial charge is 0.399 e. The number of anilines is 1. The molecule has 1 amide bonds. The topological polar surface area (TPSA) is 55.1 Å². The van der Waals surface area contributed by atoms with Gasteiger partial charge in [-0.15, -0.1) is 0 Å². The van der Waals surface area contributed by atoms with Crippen molar-refractivity contribution in [2.45, 2.75) is 13.0 Å². The van der Waals surface area contributed by atoms with E-state index in [-0.39, 0.29) is 5.91 Å². The normalized spacial score (nSPS) is 10.2. The summed E-state index contributed by atoms with van der Waals surface area (Å²) in [6.45, 7) is 0.528. The van der Waals surface area contributed by atoms with Gasteiger partial charge in [0.15, 0.2) is 0 Å². The number of nitrogens with two attached hydrogens (primary N) is 1. The first kappa shape index (κ1) is 13.6. The van der Waals surface area contributed by atoms with E-state index in [0.29, 0.717) is 18.7 Å². The predicted octanol–water partition coefficient (Wildman–Crippen LogP) is 2.89. The zero-order valence-corrected chi connectivity index (χ0v) is 12.0. The molecular formula is C15H15BrN2O. The van der Waals surface area contributed by atoms with Crippen molar-refractivity contribution >= 4 is 27.5 Å². The summed E-state index contributed by atoms with van der Waals surface area (Å²) in [5, 5.41) is 2.89. The quantitative estimate of drug-likeness (QED) is 0.852. The second-order valence-electron chi connectivity index (χ2n) is 4.33. The molecule has 0 bridgehead atoms. The van der Waals surface area contributed by atoms with Crippen molar-refractivity contribution in [1.29, 1.82) is 0 Å². The van der Waals surface area contributed by atoms with Crippen LogP contribution in [0.1, 0.15) is 11.1 Å². The molecule has 0 heterocycles. The first-order valence-corrected chi connectivity index (χ1v) is 6.78. The maximum Gasteiger partial charge on any atom is 0.224 e. The molecule has 98 valence electrons. The van der Waals surface area contributed by atoms with Gasteiger partial charge in [0.2, 0.25) is 5.91 Å². The number of hydrogen-bond acceptors (Lipinski definition) is 2. The van der Waals surface area contributed by atoms with Crippen LogP contribution in [0.5, 0.6) is 0 Å². The Morgan fingerprint density at radius 1 is 1.11 bits per heavy atom. The van der Waals surface area contributed by atoms with E-state index < -0.39 is 0 Å². The zero-order chi connectivity index (χ0) is 13.7. The summed E-state index contributed by atoms with van der Waals surface area (Å²) in [6, 6.07) is 15.2. The van der Waals surface area contributed by atoms with Crippen LogP contribution in [0.25, 0.3) is 0 Å². The molecule has 0 spiro atoms. The van der Waals surface area contributed by atoms with Gasteiger partial charge in [0.1, 0.15) is 0 Å². The van der Waals surface area contributed by atoms with E-state index >= 15 is 0 Å². The summed E-state index contributed by atoms with van der Waals surface area (Å²) in [7, 11) is 0. The van der Waals surface area contributed by atoms with E-state index in [4.69, 9.17) is 5.73 Å². The van der Waals surface area contributed by atoms with Gasteiger partial charge in [0, 0.05) is 16.7 Å². The minimum absolute atomic E-state index is 0.00873. The van der Waals surface area contributed by atoms with Crippen molar-refractivity contribution in [1.82, 2.24) is 5.32 Å². The van der Waals surface area contributed by atoms with E-state index in [2.05, 4.69) is 21.2 Å². The van der Waals surface area contributed by atoms with Crippen LogP contribution in [0.4, 0.5) is 5.69 Å². The maximum absolute atomic E-state index is 11.8. The van der Waals surface area contributed by atoms with Gasteiger partial charge >= 0.3 is 0 Å². The lowest BCUT2D eigenvalue weighted by molar-refractivity contribution is -0.120. The van der Waals surface area contributed by atoms with E-state index in [0.717, 1.165) is 15.6 Å². The van der Waals surface area contributed by atoms with Crippen molar-refractivity contribution < 1.29 is 4.79 Å². The van der Waals surface area contributed by atoms with E-state index in [1.807, 2.05) is 48.5 Å². The molecule has 0 aliphatic carbocycles. The number of rotatable bonds is 4. The number of hydrogen-bond donors (Lipinski definition) is 2. The Hall–Kier alpha value is -1.81. The number of carbonyl (C=O) groups is 1. The van der Waals surface area contributed by atoms with Crippen LogP contribution in [0.3, 0.4) is 0 Å². The van der Waals surface area contributed by atoms with Gasteiger partial charge in [-0.1, -0.05) is 40.2 Å². The van der Waals surface area contributed by atoms with E-state index in [1.54, 1.807) is 0 Å². The summed E-state index contributed by atoms with van der Waals surface area (Å²) in [6.07, 6.45) is 0.346. The molecule has 4 heteroatoms. The molecule has 0 radical (unpaired) electrons. The van der Waals surface area contributed by atoms with E-state index in [1.165, 1.54) is 0 Å². The highest BCUT2D eigenvalue weighted by atomic mass is 79.9. The highest BCUT2D eigenvalue weighted by Crippen LogP contribution is 2.11. The van der Waals surface area contributed by atoms with Gasteiger partial charge in [-0.3, -0.25) is 4.79 Å². The fourth-order valence-corrected chi connectivity index (χ4v) is 2.25. The highest BCUT2D eigenvalue weighted by molar-refractivity contribution is 9.10. The second kappa shape index (κ2) is 6.38. The standard InChI is InChI=1S/C15H15BrN2O/c16-13-5-1-4-12(7-13)10-18-15(19)9-11-3-2-6-14(17)8-11/h1-8H,9-10,17H2,(H,18,19). The van der Waals surface area contributed by atoms with Crippen molar-refractivity contribution in [2.24, 2.45) is 0 Å². The molecule has 0 aliphatic rings. The summed E-state index contributed by atoms with van der Waals surface area (Å²) < 4.78 is 1.01. The van der Waals surface area contributed by atoms with Gasteiger partial charge < -0.3 is 11.1 Å². The molecule has 0 saturated carbocycles. The third kappa shape index (κ3) is 4.41. The molecule has 19 heavy (non-hydrogen) atoms. The van der Waals surface area contributed by atoms with Crippen LogP contribution in [0.2, 0.25) is 0 Å². The van der Waals surface area contributed by atoms with Crippen molar-refractivity contribution in [3.05, 3.63) is 64.1 Å². The minimum Gasteiger partial charge on any atom is -0.399 e. The molecule has 3 nitrogen and oxygen atoms in total. The predicted molar refractivity (Wildman–Crippen MR) is 80.5 cm³/mol. The zero-order valence-electron chi connectivity index (χ0n) is 10.4. The lowest BCUT2D eigenvalue weighted by Crippen LogP contribution is -2.24. The fourth-order valence-electron chi connectivity index (χ4n) is 1.80. The number of nitrogens with one attached hydrogen (secondary N) is 1.